The predicted octanol–water partition coefficient (Wildman–Crippen LogP) is 2.73. The fraction of sp³-hybridized carbons (Fsp3) is 0.250. The van der Waals surface area contributed by atoms with Crippen molar-refractivity contribution in [2.75, 3.05) is 0 Å². The Bertz CT molecular complexity index is 1120. The first kappa shape index (κ1) is 23.7. The largest absolute Gasteiger partial charge is 0.457 e. The molecule has 3 aromatic rings. The molecular weight excluding hydrogens is 456 g/mol. The standard InChI is InChI=1S/C20H22N4O6S2/c1-20(2,31-13-14-9-12-29-23-14)18(19(25)22-26)24-32(27,28)17-5-3-15(4-6-17)30-16-7-10-21-11-8-16/h3-12,18,24,26H,13H2,1-2H3,(H,22,25). The summed E-state index contributed by atoms with van der Waals surface area (Å²) in [7, 11) is -4.09. The average Bonchev–Trinajstić information content (AvgIpc) is 3.31. The second-order valence-electron chi connectivity index (χ2n) is 7.17. The van der Waals surface area contributed by atoms with E-state index in [0.29, 0.717) is 22.9 Å². The van der Waals surface area contributed by atoms with Gasteiger partial charge in [0.15, 0.2) is 0 Å². The van der Waals surface area contributed by atoms with Crippen LogP contribution in [0.15, 0.2) is 70.5 Å². The summed E-state index contributed by atoms with van der Waals surface area (Å²) in [5.74, 6) is 0.480. The Morgan fingerprint density at radius 1 is 1.16 bits per heavy atom. The van der Waals surface area contributed by atoms with Gasteiger partial charge in [-0.15, -0.1) is 11.8 Å². The number of pyridine rings is 1. The topological polar surface area (TPSA) is 144 Å². The number of benzene rings is 1. The van der Waals surface area contributed by atoms with E-state index in [0.717, 1.165) is 0 Å². The minimum absolute atomic E-state index is 0.0624. The molecule has 0 radical (unpaired) electrons. The van der Waals surface area contributed by atoms with E-state index in [1.54, 1.807) is 44.4 Å². The van der Waals surface area contributed by atoms with Crippen LogP contribution in [-0.4, -0.2) is 40.5 Å². The summed E-state index contributed by atoms with van der Waals surface area (Å²) in [6, 6.07) is 9.46. The Morgan fingerprint density at radius 3 is 2.41 bits per heavy atom. The molecule has 170 valence electrons. The highest BCUT2D eigenvalue weighted by Gasteiger charge is 2.39. The molecule has 1 aromatic carbocycles. The SMILES string of the molecule is CC(C)(SCc1ccon1)C(NS(=O)(=O)c1ccc(Oc2ccncc2)cc1)C(=O)NO. The highest BCUT2D eigenvalue weighted by atomic mass is 32.2. The maximum absolute atomic E-state index is 13.0. The zero-order valence-corrected chi connectivity index (χ0v) is 18.9. The molecule has 0 saturated carbocycles. The molecule has 0 spiro atoms. The second kappa shape index (κ2) is 10.1. The normalized spacial score (nSPS) is 12.8. The van der Waals surface area contributed by atoms with Crippen molar-refractivity contribution in [2.24, 2.45) is 0 Å². The van der Waals surface area contributed by atoms with E-state index in [-0.39, 0.29) is 4.90 Å². The molecule has 3 N–H and O–H groups in total. The van der Waals surface area contributed by atoms with Crippen LogP contribution in [0.2, 0.25) is 0 Å². The summed E-state index contributed by atoms with van der Waals surface area (Å²) in [6.45, 7) is 3.37. The lowest BCUT2D eigenvalue weighted by Crippen LogP contribution is -2.55. The van der Waals surface area contributed by atoms with Gasteiger partial charge in [0.1, 0.15) is 23.8 Å². The van der Waals surface area contributed by atoms with Crippen LogP contribution in [0.25, 0.3) is 0 Å². The van der Waals surface area contributed by atoms with Crippen molar-refractivity contribution in [3.63, 3.8) is 0 Å². The predicted molar refractivity (Wildman–Crippen MR) is 117 cm³/mol. The van der Waals surface area contributed by atoms with E-state index in [4.69, 9.17) is 9.26 Å². The summed E-state index contributed by atoms with van der Waals surface area (Å²) >= 11 is 1.28. The highest BCUT2D eigenvalue weighted by molar-refractivity contribution is 8.00. The molecule has 12 heteroatoms. The minimum Gasteiger partial charge on any atom is -0.457 e. The van der Waals surface area contributed by atoms with Crippen LogP contribution in [-0.2, 0) is 20.6 Å². The van der Waals surface area contributed by atoms with Gasteiger partial charge in [-0.2, -0.15) is 4.72 Å². The molecule has 1 atom stereocenters. The summed E-state index contributed by atoms with van der Waals surface area (Å²) in [5, 5.41) is 13.0. The van der Waals surface area contributed by atoms with Crippen molar-refractivity contribution in [3.8, 4) is 11.5 Å². The van der Waals surface area contributed by atoms with Crippen molar-refractivity contribution < 1.29 is 27.7 Å². The molecule has 0 aliphatic carbocycles. The highest BCUT2D eigenvalue weighted by Crippen LogP contribution is 2.32. The van der Waals surface area contributed by atoms with Gasteiger partial charge in [0, 0.05) is 29.0 Å². The van der Waals surface area contributed by atoms with Gasteiger partial charge in [-0.1, -0.05) is 5.16 Å². The Morgan fingerprint density at radius 2 is 1.81 bits per heavy atom. The molecule has 3 rings (SSSR count). The van der Waals surface area contributed by atoms with Crippen molar-refractivity contribution in [3.05, 3.63) is 66.8 Å². The third kappa shape index (κ3) is 6.07. The Balaban J connectivity index is 1.75. The maximum atomic E-state index is 13.0. The summed E-state index contributed by atoms with van der Waals surface area (Å²) < 4.78 is 37.8. The van der Waals surface area contributed by atoms with Crippen LogP contribution in [0.1, 0.15) is 19.5 Å². The number of hydroxylamine groups is 1. The van der Waals surface area contributed by atoms with Gasteiger partial charge in [0.25, 0.3) is 5.91 Å². The Hall–Kier alpha value is -2.93. The lowest BCUT2D eigenvalue weighted by atomic mass is 10.0. The van der Waals surface area contributed by atoms with Crippen molar-refractivity contribution in [2.45, 2.75) is 35.3 Å². The molecule has 2 heterocycles. The van der Waals surface area contributed by atoms with Crippen molar-refractivity contribution in [1.29, 1.82) is 0 Å². The number of nitrogens with one attached hydrogen (secondary N) is 2. The smallest absolute Gasteiger partial charge is 0.262 e. The summed E-state index contributed by atoms with van der Waals surface area (Å²) in [4.78, 5) is 16.2. The Kier molecular flexibility index (Phi) is 7.51. The quantitative estimate of drug-likeness (QED) is 0.296. The van der Waals surface area contributed by atoms with Gasteiger partial charge in [-0.3, -0.25) is 15.0 Å². The molecule has 0 aliphatic rings. The van der Waals surface area contributed by atoms with Crippen molar-refractivity contribution in [1.82, 2.24) is 20.3 Å². The number of aromatic nitrogens is 2. The number of nitrogens with zero attached hydrogens (tertiary/aromatic N) is 2. The average molecular weight is 479 g/mol. The van der Waals surface area contributed by atoms with Crippen LogP contribution < -0.4 is 14.9 Å². The monoisotopic (exact) mass is 478 g/mol. The number of ether oxygens (including phenoxy) is 1. The molecule has 2 aromatic heterocycles. The zero-order chi connectivity index (χ0) is 23.2. The molecule has 10 nitrogen and oxygen atoms in total. The number of hydrogen-bond acceptors (Lipinski definition) is 9. The number of carbonyl (C=O) groups is 1. The molecule has 0 aliphatic heterocycles. The number of carbonyl (C=O) groups excluding carboxylic acids is 1. The van der Waals surface area contributed by atoms with Gasteiger partial charge >= 0.3 is 0 Å². The zero-order valence-electron chi connectivity index (χ0n) is 17.3. The molecular formula is C20H22N4O6S2. The summed E-state index contributed by atoms with van der Waals surface area (Å²) in [6.07, 6.45) is 4.57. The van der Waals surface area contributed by atoms with Crippen LogP contribution in [0, 0.1) is 0 Å². The number of thioether (sulfide) groups is 1. The number of rotatable bonds is 10. The van der Waals surface area contributed by atoms with Crippen LogP contribution >= 0.6 is 11.8 Å². The third-order valence-electron chi connectivity index (χ3n) is 4.44. The molecule has 1 amide bonds. The fourth-order valence-corrected chi connectivity index (χ4v) is 5.10. The van der Waals surface area contributed by atoms with Gasteiger partial charge < -0.3 is 9.26 Å². The first-order valence-electron chi connectivity index (χ1n) is 9.39. The van der Waals surface area contributed by atoms with Crippen LogP contribution in [0.4, 0.5) is 0 Å². The van der Waals surface area contributed by atoms with Crippen LogP contribution in [0.3, 0.4) is 0 Å². The number of sulfonamides is 1. The number of amides is 1. The molecule has 1 unspecified atom stereocenters. The third-order valence-corrected chi connectivity index (χ3v) is 7.30. The van der Waals surface area contributed by atoms with E-state index in [2.05, 4.69) is 14.9 Å². The minimum atomic E-state index is -4.09. The van der Waals surface area contributed by atoms with E-state index < -0.39 is 26.7 Å². The van der Waals surface area contributed by atoms with Gasteiger partial charge in [0.05, 0.1) is 10.6 Å². The lowest BCUT2D eigenvalue weighted by molar-refractivity contribution is -0.131. The number of hydrogen-bond donors (Lipinski definition) is 3. The lowest BCUT2D eigenvalue weighted by Gasteiger charge is -2.32. The van der Waals surface area contributed by atoms with Gasteiger partial charge in [-0.05, 0) is 50.2 Å². The molecule has 32 heavy (non-hydrogen) atoms. The van der Waals surface area contributed by atoms with E-state index in [1.165, 1.54) is 47.8 Å². The molecule has 0 saturated heterocycles. The Labute approximate surface area is 189 Å². The van der Waals surface area contributed by atoms with E-state index in [9.17, 15) is 18.4 Å². The maximum Gasteiger partial charge on any atom is 0.262 e. The first-order chi connectivity index (χ1) is 15.2. The summed E-state index contributed by atoms with van der Waals surface area (Å²) in [5.41, 5.74) is 2.17. The molecule has 0 fully saturated rings. The fourth-order valence-electron chi connectivity index (χ4n) is 2.68. The van der Waals surface area contributed by atoms with Gasteiger partial charge in [0.2, 0.25) is 10.0 Å². The second-order valence-corrected chi connectivity index (χ2v) is 10.5. The first-order valence-corrected chi connectivity index (χ1v) is 11.9. The van der Waals surface area contributed by atoms with E-state index in [1.807, 2.05) is 0 Å². The molecule has 0 bridgehead atoms. The van der Waals surface area contributed by atoms with Crippen LogP contribution in [0.5, 0.6) is 11.5 Å². The van der Waals surface area contributed by atoms with Crippen molar-refractivity contribution >= 4 is 27.7 Å². The van der Waals surface area contributed by atoms with E-state index >= 15 is 0 Å². The van der Waals surface area contributed by atoms with Gasteiger partial charge in [-0.25, -0.2) is 13.9 Å².